The van der Waals surface area contributed by atoms with Gasteiger partial charge in [0.1, 0.15) is 11.2 Å². The molecule has 3 aromatic heterocycles. The number of carbonyl (C=O) groups is 1. The molecule has 0 radical (unpaired) electrons. The minimum Gasteiger partial charge on any atom is -0.493 e. The molecule has 5 rings (SSSR count). The Bertz CT molecular complexity index is 1600. The van der Waals surface area contributed by atoms with Crippen LogP contribution in [0.25, 0.3) is 33.6 Å². The molecule has 0 saturated carbocycles. The summed E-state index contributed by atoms with van der Waals surface area (Å²) in [4.78, 5) is 23.2. The molecular formula is C27H21ClN4O4S. The van der Waals surface area contributed by atoms with E-state index in [-0.39, 0.29) is 11.5 Å². The summed E-state index contributed by atoms with van der Waals surface area (Å²) in [6, 6.07) is 16.2. The van der Waals surface area contributed by atoms with E-state index in [0.29, 0.717) is 39.4 Å². The van der Waals surface area contributed by atoms with Crippen LogP contribution in [-0.4, -0.2) is 46.7 Å². The summed E-state index contributed by atoms with van der Waals surface area (Å²) in [6.45, 7) is 0. The molecule has 0 saturated heterocycles. The number of pyridine rings is 1. The number of benzene rings is 2. The van der Waals surface area contributed by atoms with Crippen molar-refractivity contribution in [1.29, 1.82) is 0 Å². The van der Waals surface area contributed by atoms with Crippen LogP contribution in [0.5, 0.6) is 17.2 Å². The number of halogens is 1. The van der Waals surface area contributed by atoms with E-state index in [4.69, 9.17) is 25.8 Å². The number of hydrogen-bond acceptors (Lipinski definition) is 8. The molecule has 10 heteroatoms. The number of ether oxygens (including phenoxy) is 3. The zero-order chi connectivity index (χ0) is 25.9. The van der Waals surface area contributed by atoms with Crippen molar-refractivity contribution >= 4 is 39.8 Å². The highest BCUT2D eigenvalue weighted by molar-refractivity contribution is 7.14. The minimum absolute atomic E-state index is 0.262. The SMILES string of the molecule is COc1cc(-c2cccc(C(=O)/C=C/c3c(-c4ccc(Cl)cc4)nc4scnn34)n2)cc(OC)c1OC. The van der Waals surface area contributed by atoms with Gasteiger partial charge in [0.2, 0.25) is 16.5 Å². The quantitative estimate of drug-likeness (QED) is 0.176. The largest absolute Gasteiger partial charge is 0.493 e. The Morgan fingerprint density at radius 3 is 2.35 bits per heavy atom. The van der Waals surface area contributed by atoms with Crippen LogP contribution in [0.1, 0.15) is 16.2 Å². The van der Waals surface area contributed by atoms with E-state index in [0.717, 1.165) is 16.1 Å². The third kappa shape index (κ3) is 4.78. The number of hydrogen-bond donors (Lipinski definition) is 0. The van der Waals surface area contributed by atoms with Gasteiger partial charge in [-0.1, -0.05) is 41.1 Å². The maximum absolute atomic E-state index is 13.2. The summed E-state index contributed by atoms with van der Waals surface area (Å²) in [5.74, 6) is 1.21. The van der Waals surface area contributed by atoms with Gasteiger partial charge in [-0.2, -0.15) is 5.10 Å². The third-order valence-electron chi connectivity index (χ3n) is 5.65. The van der Waals surface area contributed by atoms with Crippen molar-refractivity contribution in [3.05, 3.63) is 82.6 Å². The number of ketones is 1. The fraction of sp³-hybridized carbons (Fsp3) is 0.111. The molecule has 0 fully saturated rings. The molecule has 8 nitrogen and oxygen atoms in total. The molecule has 2 aromatic carbocycles. The number of rotatable bonds is 8. The third-order valence-corrected chi connectivity index (χ3v) is 6.58. The van der Waals surface area contributed by atoms with Crippen LogP contribution in [0.4, 0.5) is 0 Å². The first-order valence-electron chi connectivity index (χ1n) is 11.1. The monoisotopic (exact) mass is 532 g/mol. The number of fused-ring (bicyclic) bond motifs is 1. The van der Waals surface area contributed by atoms with E-state index in [1.54, 1.807) is 73.8 Å². The second-order valence-electron chi connectivity index (χ2n) is 7.81. The highest BCUT2D eigenvalue weighted by Crippen LogP contribution is 2.40. The topological polar surface area (TPSA) is 87.8 Å². The smallest absolute Gasteiger partial charge is 0.213 e. The second-order valence-corrected chi connectivity index (χ2v) is 9.05. The van der Waals surface area contributed by atoms with Crippen LogP contribution in [0.15, 0.2) is 66.2 Å². The van der Waals surface area contributed by atoms with E-state index in [1.165, 1.54) is 17.4 Å². The lowest BCUT2D eigenvalue weighted by Crippen LogP contribution is -2.01. The Balaban J connectivity index is 1.49. The molecular weight excluding hydrogens is 512 g/mol. The van der Waals surface area contributed by atoms with Gasteiger partial charge in [-0.05, 0) is 48.6 Å². The number of imidazole rings is 1. The molecule has 0 aliphatic carbocycles. The molecule has 0 unspecified atom stereocenters. The molecule has 0 N–H and O–H groups in total. The van der Waals surface area contributed by atoms with Gasteiger partial charge >= 0.3 is 0 Å². The zero-order valence-electron chi connectivity index (χ0n) is 20.1. The van der Waals surface area contributed by atoms with Crippen molar-refractivity contribution in [3.63, 3.8) is 0 Å². The average Bonchev–Trinajstić information content (AvgIpc) is 3.53. The molecule has 5 aromatic rings. The van der Waals surface area contributed by atoms with Crippen molar-refractivity contribution in [2.24, 2.45) is 0 Å². The molecule has 3 heterocycles. The molecule has 0 amide bonds. The molecule has 0 atom stereocenters. The summed E-state index contributed by atoms with van der Waals surface area (Å²) < 4.78 is 18.0. The fourth-order valence-corrected chi connectivity index (χ4v) is 4.63. The lowest BCUT2D eigenvalue weighted by Gasteiger charge is -2.14. The van der Waals surface area contributed by atoms with Gasteiger partial charge in [0.25, 0.3) is 0 Å². The molecule has 37 heavy (non-hydrogen) atoms. The van der Waals surface area contributed by atoms with Crippen LogP contribution < -0.4 is 14.2 Å². The van der Waals surface area contributed by atoms with Crippen LogP contribution in [-0.2, 0) is 0 Å². The fourth-order valence-electron chi connectivity index (χ4n) is 3.88. The van der Waals surface area contributed by atoms with Gasteiger partial charge in [-0.25, -0.2) is 14.5 Å². The summed E-state index contributed by atoms with van der Waals surface area (Å²) >= 11 is 7.46. The van der Waals surface area contributed by atoms with Crippen molar-refractivity contribution < 1.29 is 19.0 Å². The molecule has 0 aliphatic heterocycles. The standard InChI is InChI=1S/C27H21ClN4O4S/c1-34-23-13-17(14-24(35-2)26(23)36-3)19-5-4-6-20(30-19)22(33)12-11-21-25(16-7-9-18(28)10-8-16)31-27-32(21)29-15-37-27/h4-15H,1-3H3/b12-11+. The summed E-state index contributed by atoms with van der Waals surface area (Å²) in [5, 5.41) is 5.00. The van der Waals surface area contributed by atoms with Gasteiger partial charge in [0.15, 0.2) is 11.5 Å². The van der Waals surface area contributed by atoms with Crippen LogP contribution in [0.2, 0.25) is 5.02 Å². The zero-order valence-corrected chi connectivity index (χ0v) is 21.7. The van der Waals surface area contributed by atoms with Crippen molar-refractivity contribution in [2.75, 3.05) is 21.3 Å². The number of nitrogens with zero attached hydrogens (tertiary/aromatic N) is 4. The van der Waals surface area contributed by atoms with E-state index >= 15 is 0 Å². The van der Waals surface area contributed by atoms with Crippen molar-refractivity contribution in [3.8, 4) is 39.8 Å². The van der Waals surface area contributed by atoms with E-state index in [1.807, 2.05) is 18.2 Å². The Morgan fingerprint density at radius 1 is 0.946 bits per heavy atom. The van der Waals surface area contributed by atoms with Crippen LogP contribution >= 0.6 is 22.9 Å². The maximum Gasteiger partial charge on any atom is 0.213 e. The number of aromatic nitrogens is 4. The Labute approximate surface area is 221 Å². The first kappa shape index (κ1) is 24.5. The maximum atomic E-state index is 13.2. The predicted octanol–water partition coefficient (Wildman–Crippen LogP) is 6.10. The van der Waals surface area contributed by atoms with Gasteiger partial charge in [0.05, 0.1) is 38.4 Å². The lowest BCUT2D eigenvalue weighted by atomic mass is 10.1. The molecule has 0 bridgehead atoms. The molecule has 0 aliphatic rings. The lowest BCUT2D eigenvalue weighted by molar-refractivity contribution is 0.104. The second kappa shape index (κ2) is 10.4. The minimum atomic E-state index is -0.262. The number of carbonyl (C=O) groups excluding carboxylic acids is 1. The van der Waals surface area contributed by atoms with Gasteiger partial charge in [0, 0.05) is 16.1 Å². The summed E-state index contributed by atoms with van der Waals surface area (Å²) in [5.41, 5.74) is 5.57. The first-order chi connectivity index (χ1) is 18.0. The number of methoxy groups -OCH3 is 3. The van der Waals surface area contributed by atoms with Crippen molar-refractivity contribution in [1.82, 2.24) is 19.6 Å². The van der Waals surface area contributed by atoms with Crippen LogP contribution in [0, 0.1) is 0 Å². The normalized spacial score (nSPS) is 11.2. The van der Waals surface area contributed by atoms with Gasteiger partial charge < -0.3 is 14.2 Å². The predicted molar refractivity (Wildman–Crippen MR) is 144 cm³/mol. The number of allylic oxidation sites excluding steroid dienone is 1. The van der Waals surface area contributed by atoms with Gasteiger partial charge in [-0.3, -0.25) is 4.79 Å². The summed E-state index contributed by atoms with van der Waals surface area (Å²) in [6.07, 6.45) is 3.18. The summed E-state index contributed by atoms with van der Waals surface area (Å²) in [7, 11) is 4.64. The van der Waals surface area contributed by atoms with Crippen molar-refractivity contribution in [2.45, 2.75) is 0 Å². The highest BCUT2D eigenvalue weighted by Gasteiger charge is 2.17. The van der Waals surface area contributed by atoms with E-state index < -0.39 is 0 Å². The Kier molecular flexibility index (Phi) is 6.89. The van der Waals surface area contributed by atoms with E-state index in [2.05, 4.69) is 15.1 Å². The first-order valence-corrected chi connectivity index (χ1v) is 12.4. The average molecular weight is 533 g/mol. The molecule has 186 valence electrons. The van der Waals surface area contributed by atoms with Gasteiger partial charge in [-0.15, -0.1) is 0 Å². The van der Waals surface area contributed by atoms with E-state index in [9.17, 15) is 4.79 Å². The van der Waals surface area contributed by atoms with Crippen LogP contribution in [0.3, 0.4) is 0 Å². The Morgan fingerprint density at radius 2 is 1.68 bits per heavy atom. The highest BCUT2D eigenvalue weighted by atomic mass is 35.5. The Hall–Kier alpha value is -4.21. The molecule has 0 spiro atoms.